The van der Waals surface area contributed by atoms with Crippen molar-refractivity contribution in [1.29, 1.82) is 0 Å². The number of benzene rings is 2. The standard InChI is InChI=1S/2C9H11NO2.C7H10F3NO2/c2*10-8(9(11)12)6-7-4-2-1-3-5-7;1-11-4-2-3-6(11,5(12)13)7(8,9)10/h2*1-5,8H,6,10H2,(H,11,12);2-4H2,1H3,(H,12,13)/t2*8-;6-/m000/s1. The van der Waals surface area contributed by atoms with Gasteiger partial charge in [0.1, 0.15) is 12.1 Å². The molecule has 37 heavy (non-hydrogen) atoms. The fourth-order valence-corrected chi connectivity index (χ4v) is 3.61. The van der Waals surface area contributed by atoms with Crippen LogP contribution in [0.25, 0.3) is 0 Å². The summed E-state index contributed by atoms with van der Waals surface area (Å²) in [5.41, 5.74) is 9.94. The minimum absolute atomic E-state index is 0.172. The number of rotatable bonds is 7. The van der Waals surface area contributed by atoms with E-state index in [1.54, 1.807) is 0 Å². The van der Waals surface area contributed by atoms with Gasteiger partial charge in [0.15, 0.2) is 0 Å². The summed E-state index contributed by atoms with van der Waals surface area (Å²) in [5.74, 6) is -3.72. The number of carbonyl (C=O) groups is 3. The number of halogens is 3. The van der Waals surface area contributed by atoms with Crippen LogP contribution in [-0.2, 0) is 27.2 Å². The van der Waals surface area contributed by atoms with Crippen molar-refractivity contribution >= 4 is 17.9 Å². The number of hydrogen-bond donors (Lipinski definition) is 5. The molecule has 0 radical (unpaired) electrons. The van der Waals surface area contributed by atoms with Crippen molar-refractivity contribution < 1.29 is 42.9 Å². The average molecular weight is 528 g/mol. The first-order chi connectivity index (χ1) is 17.2. The molecule has 1 saturated heterocycles. The highest BCUT2D eigenvalue weighted by Crippen LogP contribution is 2.42. The lowest BCUT2D eigenvalue weighted by molar-refractivity contribution is -0.227. The number of likely N-dealkylation sites (N-methyl/N-ethyl adjacent to an activating group) is 1. The van der Waals surface area contributed by atoms with Crippen molar-refractivity contribution in [2.45, 2.75) is 49.5 Å². The molecule has 3 rings (SSSR count). The van der Waals surface area contributed by atoms with E-state index in [-0.39, 0.29) is 19.4 Å². The molecule has 1 heterocycles. The van der Waals surface area contributed by atoms with Crippen LogP contribution in [0, 0.1) is 0 Å². The number of carboxylic acid groups (broad SMARTS) is 3. The molecule has 0 amide bonds. The average Bonchev–Trinajstić information content (AvgIpc) is 3.24. The quantitative estimate of drug-likeness (QED) is 0.363. The maximum absolute atomic E-state index is 12.5. The molecule has 9 nitrogen and oxygen atoms in total. The third kappa shape index (κ3) is 9.48. The topological polar surface area (TPSA) is 167 Å². The fraction of sp³-hybridized carbons (Fsp3) is 0.400. The Labute approximate surface area is 212 Å². The van der Waals surface area contributed by atoms with Crippen LogP contribution in [0.1, 0.15) is 24.0 Å². The zero-order valence-corrected chi connectivity index (χ0v) is 20.3. The second kappa shape index (κ2) is 14.3. The van der Waals surface area contributed by atoms with E-state index in [1.807, 2.05) is 60.7 Å². The van der Waals surface area contributed by atoms with Gasteiger partial charge < -0.3 is 26.8 Å². The molecule has 3 atom stereocenters. The second-order valence-corrected chi connectivity index (χ2v) is 8.46. The van der Waals surface area contributed by atoms with Crippen LogP contribution < -0.4 is 11.5 Å². The molecule has 1 fully saturated rings. The molecule has 0 aromatic heterocycles. The number of aliphatic carboxylic acids is 3. The maximum atomic E-state index is 12.5. The van der Waals surface area contributed by atoms with Crippen molar-refractivity contribution in [2.75, 3.05) is 13.6 Å². The van der Waals surface area contributed by atoms with E-state index < -0.39 is 41.7 Å². The molecule has 12 heteroatoms. The molecule has 0 bridgehead atoms. The molecule has 7 N–H and O–H groups in total. The minimum atomic E-state index is -4.70. The lowest BCUT2D eigenvalue weighted by atomic mass is 9.96. The van der Waals surface area contributed by atoms with E-state index in [0.29, 0.717) is 12.8 Å². The van der Waals surface area contributed by atoms with Crippen molar-refractivity contribution in [1.82, 2.24) is 4.90 Å². The summed E-state index contributed by atoms with van der Waals surface area (Å²) in [6, 6.07) is 17.1. The highest BCUT2D eigenvalue weighted by atomic mass is 19.4. The van der Waals surface area contributed by atoms with Crippen molar-refractivity contribution in [2.24, 2.45) is 11.5 Å². The number of nitrogens with two attached hydrogens (primary N) is 2. The molecule has 1 aliphatic heterocycles. The van der Waals surface area contributed by atoms with Crippen molar-refractivity contribution in [3.05, 3.63) is 71.8 Å². The number of likely N-dealkylation sites (tertiary alicyclic amines) is 1. The van der Waals surface area contributed by atoms with Crippen LogP contribution in [0.15, 0.2) is 60.7 Å². The van der Waals surface area contributed by atoms with Gasteiger partial charge in [0.25, 0.3) is 0 Å². The van der Waals surface area contributed by atoms with Crippen LogP contribution >= 0.6 is 0 Å². The Morgan fingerprint density at radius 2 is 1.24 bits per heavy atom. The van der Waals surface area contributed by atoms with E-state index >= 15 is 0 Å². The van der Waals surface area contributed by atoms with Gasteiger partial charge in [-0.25, -0.2) is 4.79 Å². The van der Waals surface area contributed by atoms with Gasteiger partial charge in [-0.3, -0.25) is 14.5 Å². The predicted molar refractivity (Wildman–Crippen MR) is 130 cm³/mol. The Bertz CT molecular complexity index is 950. The summed E-state index contributed by atoms with van der Waals surface area (Å²) >= 11 is 0. The normalized spacial score (nSPS) is 18.9. The van der Waals surface area contributed by atoms with Crippen LogP contribution in [0.2, 0.25) is 0 Å². The first-order valence-electron chi connectivity index (χ1n) is 11.3. The number of nitrogens with zero attached hydrogens (tertiary/aromatic N) is 1. The molecule has 1 aliphatic rings. The zero-order valence-electron chi connectivity index (χ0n) is 20.3. The van der Waals surface area contributed by atoms with E-state index in [0.717, 1.165) is 16.0 Å². The zero-order chi connectivity index (χ0) is 28.2. The molecular formula is C25H32F3N3O6. The van der Waals surface area contributed by atoms with E-state index in [9.17, 15) is 27.6 Å². The minimum Gasteiger partial charge on any atom is -0.480 e. The number of hydrogen-bond acceptors (Lipinski definition) is 6. The summed E-state index contributed by atoms with van der Waals surface area (Å²) in [7, 11) is 1.19. The highest BCUT2D eigenvalue weighted by molar-refractivity contribution is 5.80. The molecule has 204 valence electrons. The molecule has 0 unspecified atom stereocenters. The molecule has 2 aromatic rings. The monoisotopic (exact) mass is 527 g/mol. The second-order valence-electron chi connectivity index (χ2n) is 8.46. The Morgan fingerprint density at radius 3 is 1.46 bits per heavy atom. The van der Waals surface area contributed by atoms with Crippen molar-refractivity contribution in [3.63, 3.8) is 0 Å². The van der Waals surface area contributed by atoms with Gasteiger partial charge in [-0.05, 0) is 50.4 Å². The van der Waals surface area contributed by atoms with Gasteiger partial charge in [-0.1, -0.05) is 60.7 Å². The van der Waals surface area contributed by atoms with E-state index in [2.05, 4.69) is 0 Å². The Kier molecular flexibility index (Phi) is 12.2. The van der Waals surface area contributed by atoms with Gasteiger partial charge in [-0.15, -0.1) is 0 Å². The first kappa shape index (κ1) is 31.5. The summed E-state index contributed by atoms with van der Waals surface area (Å²) in [6.45, 7) is 0.172. The lowest BCUT2D eigenvalue weighted by Crippen LogP contribution is -2.59. The van der Waals surface area contributed by atoms with E-state index in [1.165, 1.54) is 7.05 Å². The van der Waals surface area contributed by atoms with Gasteiger partial charge in [0.05, 0.1) is 0 Å². The summed E-state index contributed by atoms with van der Waals surface area (Å²) in [6.07, 6.45) is -4.03. The van der Waals surface area contributed by atoms with E-state index in [4.69, 9.17) is 26.8 Å². The Morgan fingerprint density at radius 1 is 0.865 bits per heavy atom. The molecule has 0 aliphatic carbocycles. The van der Waals surface area contributed by atoms with Crippen LogP contribution in [0.5, 0.6) is 0 Å². The summed E-state index contributed by atoms with van der Waals surface area (Å²) in [4.78, 5) is 32.2. The van der Waals surface area contributed by atoms with Crippen LogP contribution in [0.4, 0.5) is 13.2 Å². The summed E-state index contributed by atoms with van der Waals surface area (Å²) < 4.78 is 37.5. The molecular weight excluding hydrogens is 495 g/mol. The van der Waals surface area contributed by atoms with Crippen molar-refractivity contribution in [3.8, 4) is 0 Å². The SMILES string of the molecule is CN1CCC[C@]1(C(=O)O)C(F)(F)F.N[C@@H](Cc1ccccc1)C(=O)O.N[C@@H](Cc1ccccc1)C(=O)O. The Balaban J connectivity index is 0.000000278. The lowest BCUT2D eigenvalue weighted by Gasteiger charge is -2.33. The first-order valence-corrected chi connectivity index (χ1v) is 11.3. The maximum Gasteiger partial charge on any atom is 0.417 e. The van der Waals surface area contributed by atoms with Crippen LogP contribution in [0.3, 0.4) is 0 Å². The van der Waals surface area contributed by atoms with Gasteiger partial charge in [0, 0.05) is 0 Å². The number of carboxylic acids is 3. The third-order valence-corrected chi connectivity index (χ3v) is 5.74. The summed E-state index contributed by atoms with van der Waals surface area (Å²) in [5, 5.41) is 25.6. The highest BCUT2D eigenvalue weighted by Gasteiger charge is 2.64. The third-order valence-electron chi connectivity index (χ3n) is 5.74. The fourth-order valence-electron chi connectivity index (χ4n) is 3.61. The number of alkyl halides is 3. The largest absolute Gasteiger partial charge is 0.480 e. The molecule has 0 spiro atoms. The van der Waals surface area contributed by atoms with Gasteiger partial charge in [0.2, 0.25) is 5.54 Å². The smallest absolute Gasteiger partial charge is 0.417 e. The van der Waals surface area contributed by atoms with Crippen LogP contribution in [-0.4, -0.2) is 75.5 Å². The van der Waals surface area contributed by atoms with Gasteiger partial charge >= 0.3 is 24.1 Å². The van der Waals surface area contributed by atoms with Gasteiger partial charge in [-0.2, -0.15) is 13.2 Å². The Hall–Kier alpha value is -3.48. The molecule has 2 aromatic carbocycles. The molecule has 0 saturated carbocycles. The predicted octanol–water partition coefficient (Wildman–Crippen LogP) is 2.38.